The van der Waals surface area contributed by atoms with Gasteiger partial charge in [0.2, 0.25) is 0 Å². The number of allylic oxidation sites excluding steroid dienone is 1. The third kappa shape index (κ3) is 4.30. The molecule has 0 unspecified atom stereocenters. The van der Waals surface area contributed by atoms with Gasteiger partial charge in [-0.25, -0.2) is 4.79 Å². The minimum atomic E-state index is -1.88. The van der Waals surface area contributed by atoms with Crippen molar-refractivity contribution in [1.82, 2.24) is 0 Å². The van der Waals surface area contributed by atoms with Crippen LogP contribution < -0.4 is 5.19 Å². The summed E-state index contributed by atoms with van der Waals surface area (Å²) in [5.74, 6) is -0.300. The van der Waals surface area contributed by atoms with E-state index in [0.717, 1.165) is 6.42 Å². The van der Waals surface area contributed by atoms with Crippen molar-refractivity contribution in [3.63, 3.8) is 0 Å². The van der Waals surface area contributed by atoms with Crippen LogP contribution in [-0.4, -0.2) is 34.5 Å². The molecule has 1 aromatic rings. The molecule has 1 atom stereocenters. The second-order valence-electron chi connectivity index (χ2n) is 5.60. The Kier molecular flexibility index (Phi) is 7.05. The Hall–Kier alpha value is -1.88. The van der Waals surface area contributed by atoms with Gasteiger partial charge in [0.15, 0.2) is 0 Å². The lowest BCUT2D eigenvalue weighted by Gasteiger charge is -2.33. The number of ether oxygens (including phenoxy) is 1. The first-order chi connectivity index (χ1) is 10.5. The van der Waals surface area contributed by atoms with Crippen LogP contribution in [0.4, 0.5) is 0 Å². The first kappa shape index (κ1) is 18.2. The van der Waals surface area contributed by atoms with Crippen LogP contribution in [0.15, 0.2) is 47.1 Å². The molecule has 0 spiro atoms. The fourth-order valence-corrected chi connectivity index (χ4v) is 6.27. The molecule has 1 aromatic carbocycles. The maximum Gasteiger partial charge on any atom is 0.333 e. The molecule has 0 saturated heterocycles. The van der Waals surface area contributed by atoms with E-state index in [1.807, 2.05) is 18.2 Å². The summed E-state index contributed by atoms with van der Waals surface area (Å²) in [6.07, 6.45) is 4.08. The third-order valence-electron chi connectivity index (χ3n) is 4.01. The standard InChI is InChI=1S/C17H25NO3Si/c1-6-16(15(17(19)20-2)12-13-18-21-3)22(4,5)14-10-8-7-9-11-14/h7-13,16H,6H2,1-5H3/b15-12-,18-13+/t16-/m1/s1. The van der Waals surface area contributed by atoms with Gasteiger partial charge in [0.1, 0.15) is 7.11 Å². The van der Waals surface area contributed by atoms with Crippen molar-refractivity contribution in [1.29, 1.82) is 0 Å². The summed E-state index contributed by atoms with van der Waals surface area (Å²) >= 11 is 0. The van der Waals surface area contributed by atoms with Crippen LogP contribution >= 0.6 is 0 Å². The highest BCUT2D eigenvalue weighted by Crippen LogP contribution is 2.33. The normalized spacial score (nSPS) is 14.0. The minimum absolute atomic E-state index is 0.144. The van der Waals surface area contributed by atoms with E-state index in [1.54, 1.807) is 6.08 Å². The Morgan fingerprint density at radius 3 is 2.41 bits per heavy atom. The van der Waals surface area contributed by atoms with Crippen LogP contribution in [0.3, 0.4) is 0 Å². The minimum Gasteiger partial charge on any atom is -0.466 e. The molecule has 120 valence electrons. The van der Waals surface area contributed by atoms with Gasteiger partial charge in [-0.1, -0.05) is 67.1 Å². The number of hydrogen-bond donors (Lipinski definition) is 0. The van der Waals surface area contributed by atoms with Crippen molar-refractivity contribution < 1.29 is 14.4 Å². The average molecular weight is 319 g/mol. The molecular formula is C17H25NO3Si. The molecule has 22 heavy (non-hydrogen) atoms. The van der Waals surface area contributed by atoms with Crippen molar-refractivity contribution in [3.8, 4) is 0 Å². The number of benzene rings is 1. The van der Waals surface area contributed by atoms with Crippen LogP contribution in [0, 0.1) is 0 Å². The monoisotopic (exact) mass is 319 g/mol. The van der Waals surface area contributed by atoms with Crippen molar-refractivity contribution in [3.05, 3.63) is 42.0 Å². The molecule has 0 heterocycles. The number of carbonyl (C=O) groups excluding carboxylic acids is 1. The van der Waals surface area contributed by atoms with E-state index in [1.165, 1.54) is 25.6 Å². The number of rotatable bonds is 7. The number of carbonyl (C=O) groups is 1. The molecule has 0 amide bonds. The van der Waals surface area contributed by atoms with Gasteiger partial charge >= 0.3 is 5.97 Å². The van der Waals surface area contributed by atoms with Gasteiger partial charge in [0.05, 0.1) is 21.4 Å². The number of hydrogen-bond acceptors (Lipinski definition) is 4. The molecule has 0 aliphatic carbocycles. The lowest BCUT2D eigenvalue weighted by Crippen LogP contribution is -2.47. The lowest BCUT2D eigenvalue weighted by atomic mass is 10.1. The number of nitrogens with zero attached hydrogens (tertiary/aromatic N) is 1. The Balaban J connectivity index is 3.26. The van der Waals surface area contributed by atoms with Crippen LogP contribution in [0.1, 0.15) is 13.3 Å². The van der Waals surface area contributed by atoms with Gasteiger partial charge in [-0.2, -0.15) is 0 Å². The molecule has 1 rings (SSSR count). The predicted octanol–water partition coefficient (Wildman–Crippen LogP) is 3.11. The maximum absolute atomic E-state index is 12.2. The van der Waals surface area contributed by atoms with Crippen molar-refractivity contribution in [2.75, 3.05) is 14.2 Å². The zero-order chi connectivity index (χ0) is 16.6. The van der Waals surface area contributed by atoms with Crippen LogP contribution in [0.5, 0.6) is 0 Å². The highest BCUT2D eigenvalue weighted by molar-refractivity contribution is 6.91. The van der Waals surface area contributed by atoms with Crippen LogP contribution in [0.25, 0.3) is 0 Å². The van der Waals surface area contributed by atoms with Gasteiger partial charge in [-0.15, -0.1) is 0 Å². The first-order valence-electron chi connectivity index (χ1n) is 7.39. The predicted molar refractivity (Wildman–Crippen MR) is 93.2 cm³/mol. The molecule has 0 fully saturated rings. The van der Waals surface area contributed by atoms with E-state index in [2.05, 4.69) is 42.1 Å². The summed E-state index contributed by atoms with van der Waals surface area (Å²) in [6.45, 7) is 6.66. The number of oxime groups is 1. The Bertz CT molecular complexity index is 538. The van der Waals surface area contributed by atoms with E-state index >= 15 is 0 Å². The Morgan fingerprint density at radius 1 is 1.27 bits per heavy atom. The molecule has 0 bridgehead atoms. The summed E-state index contributed by atoms with van der Waals surface area (Å²) < 4.78 is 4.97. The van der Waals surface area contributed by atoms with Gasteiger partial charge in [-0.3, -0.25) is 0 Å². The SMILES string of the molecule is CC[C@H](/C(=C/C=N/OC)C(=O)OC)[Si](C)(C)c1ccccc1. The van der Waals surface area contributed by atoms with Crippen LogP contribution in [-0.2, 0) is 14.4 Å². The summed E-state index contributed by atoms with van der Waals surface area (Å²) in [5, 5.41) is 5.03. The van der Waals surface area contributed by atoms with Gasteiger partial charge in [-0.05, 0) is 11.6 Å². The molecule has 0 N–H and O–H groups in total. The summed E-state index contributed by atoms with van der Waals surface area (Å²) in [5.41, 5.74) is 0.803. The number of esters is 1. The largest absolute Gasteiger partial charge is 0.466 e. The molecule has 0 radical (unpaired) electrons. The smallest absolute Gasteiger partial charge is 0.333 e. The van der Waals surface area contributed by atoms with Gasteiger partial charge < -0.3 is 9.57 Å². The second kappa shape index (κ2) is 8.53. The third-order valence-corrected chi connectivity index (χ3v) is 8.30. The topological polar surface area (TPSA) is 47.9 Å². The van der Waals surface area contributed by atoms with Crippen LogP contribution in [0.2, 0.25) is 18.6 Å². The second-order valence-corrected chi connectivity index (χ2v) is 10.3. The quantitative estimate of drug-likeness (QED) is 0.255. The molecule has 4 nitrogen and oxygen atoms in total. The first-order valence-corrected chi connectivity index (χ1v) is 10.5. The van der Waals surface area contributed by atoms with E-state index in [0.29, 0.717) is 5.57 Å². The molecule has 0 saturated carbocycles. The van der Waals surface area contributed by atoms with Crippen molar-refractivity contribution in [2.45, 2.75) is 32.0 Å². The Morgan fingerprint density at radius 2 is 1.91 bits per heavy atom. The fourth-order valence-electron chi connectivity index (χ4n) is 2.80. The van der Waals surface area contributed by atoms with E-state index < -0.39 is 8.07 Å². The average Bonchev–Trinajstić information content (AvgIpc) is 2.54. The molecular weight excluding hydrogens is 294 g/mol. The van der Waals surface area contributed by atoms with E-state index in [9.17, 15) is 4.79 Å². The highest BCUT2D eigenvalue weighted by Gasteiger charge is 2.37. The Labute approximate surface area is 133 Å². The van der Waals surface area contributed by atoms with E-state index in [-0.39, 0.29) is 11.5 Å². The molecule has 0 aliphatic rings. The number of methoxy groups -OCH3 is 1. The molecule has 0 aliphatic heterocycles. The molecule has 5 heteroatoms. The summed E-state index contributed by atoms with van der Waals surface area (Å²) in [6, 6.07) is 10.4. The van der Waals surface area contributed by atoms with Crippen molar-refractivity contribution >= 4 is 25.4 Å². The fraction of sp³-hybridized carbons (Fsp3) is 0.412. The lowest BCUT2D eigenvalue weighted by molar-refractivity contribution is -0.136. The van der Waals surface area contributed by atoms with Gasteiger partial charge in [0, 0.05) is 5.57 Å². The van der Waals surface area contributed by atoms with Gasteiger partial charge in [0.25, 0.3) is 0 Å². The zero-order valence-electron chi connectivity index (χ0n) is 14.0. The summed E-state index contributed by atoms with van der Waals surface area (Å²) in [7, 11) is 1.00. The van der Waals surface area contributed by atoms with Crippen molar-refractivity contribution in [2.24, 2.45) is 5.16 Å². The molecule has 0 aromatic heterocycles. The zero-order valence-corrected chi connectivity index (χ0v) is 15.0. The van der Waals surface area contributed by atoms with E-state index in [4.69, 9.17) is 4.74 Å². The summed E-state index contributed by atoms with van der Waals surface area (Å²) in [4.78, 5) is 16.9. The highest BCUT2D eigenvalue weighted by atomic mass is 28.3. The maximum atomic E-state index is 12.2.